The van der Waals surface area contributed by atoms with Gasteiger partial charge in [-0.3, -0.25) is 9.78 Å². The zero-order valence-corrected chi connectivity index (χ0v) is 7.99. The molecule has 5 nitrogen and oxygen atoms in total. The lowest BCUT2D eigenvalue weighted by molar-refractivity contribution is -0.119. The number of aryl methyl sites for hydroxylation is 1. The molecular formula is C9H13N3O2. The van der Waals surface area contributed by atoms with E-state index in [1.54, 1.807) is 12.1 Å². The largest absolute Gasteiger partial charge is 0.482 e. The Bertz CT molecular complexity index is 339. The van der Waals surface area contributed by atoms with Crippen molar-refractivity contribution in [2.75, 3.05) is 6.61 Å². The molecule has 4 N–H and O–H groups in total. The highest BCUT2D eigenvalue weighted by atomic mass is 16.5. The van der Waals surface area contributed by atoms with Crippen molar-refractivity contribution in [2.24, 2.45) is 11.5 Å². The van der Waals surface area contributed by atoms with E-state index in [9.17, 15) is 4.79 Å². The zero-order valence-electron chi connectivity index (χ0n) is 7.99. The standard InChI is InChI=1S/C9H13N3O2/c1-6-2-3-8(7(4-10)12-6)14-5-9(11)13/h2-3H,4-5,10H2,1H3,(H2,11,13). The summed E-state index contributed by atoms with van der Waals surface area (Å²) in [6.07, 6.45) is 0. The van der Waals surface area contributed by atoms with Crippen molar-refractivity contribution >= 4 is 5.91 Å². The first-order valence-corrected chi connectivity index (χ1v) is 4.21. The maximum atomic E-state index is 10.5. The minimum Gasteiger partial charge on any atom is -0.482 e. The Kier molecular flexibility index (Phi) is 3.41. The monoisotopic (exact) mass is 195 g/mol. The average molecular weight is 195 g/mol. The lowest BCUT2D eigenvalue weighted by Gasteiger charge is -2.08. The predicted octanol–water partition coefficient (Wildman–Crippen LogP) is -0.287. The first-order chi connectivity index (χ1) is 6.63. The molecule has 0 aliphatic rings. The van der Waals surface area contributed by atoms with Crippen LogP contribution in [0.25, 0.3) is 0 Å². The van der Waals surface area contributed by atoms with Crippen molar-refractivity contribution in [3.05, 3.63) is 23.5 Å². The van der Waals surface area contributed by atoms with E-state index in [1.165, 1.54) is 0 Å². The van der Waals surface area contributed by atoms with E-state index in [0.717, 1.165) is 5.69 Å². The van der Waals surface area contributed by atoms with Crippen LogP contribution < -0.4 is 16.2 Å². The molecular weight excluding hydrogens is 182 g/mol. The Labute approximate surface area is 82.1 Å². The van der Waals surface area contributed by atoms with Crippen molar-refractivity contribution in [3.63, 3.8) is 0 Å². The maximum Gasteiger partial charge on any atom is 0.255 e. The van der Waals surface area contributed by atoms with Crippen LogP contribution >= 0.6 is 0 Å². The fraction of sp³-hybridized carbons (Fsp3) is 0.333. The highest BCUT2D eigenvalue weighted by Crippen LogP contribution is 2.15. The summed E-state index contributed by atoms with van der Waals surface area (Å²) in [7, 11) is 0. The lowest BCUT2D eigenvalue weighted by Crippen LogP contribution is -2.21. The Hall–Kier alpha value is -1.62. The molecule has 0 saturated carbocycles. The van der Waals surface area contributed by atoms with Gasteiger partial charge in [0.1, 0.15) is 5.75 Å². The number of carbonyl (C=O) groups is 1. The van der Waals surface area contributed by atoms with Crippen molar-refractivity contribution in [2.45, 2.75) is 13.5 Å². The Balaban J connectivity index is 2.80. The summed E-state index contributed by atoms with van der Waals surface area (Å²) in [6, 6.07) is 3.52. The van der Waals surface area contributed by atoms with Gasteiger partial charge in [0, 0.05) is 12.2 Å². The van der Waals surface area contributed by atoms with Gasteiger partial charge in [0.25, 0.3) is 5.91 Å². The van der Waals surface area contributed by atoms with Gasteiger partial charge in [-0.05, 0) is 19.1 Å². The van der Waals surface area contributed by atoms with Gasteiger partial charge in [-0.15, -0.1) is 0 Å². The van der Waals surface area contributed by atoms with E-state index in [2.05, 4.69) is 4.98 Å². The average Bonchev–Trinajstić information content (AvgIpc) is 2.15. The van der Waals surface area contributed by atoms with E-state index in [0.29, 0.717) is 11.4 Å². The van der Waals surface area contributed by atoms with Crippen LogP contribution in [0.3, 0.4) is 0 Å². The second kappa shape index (κ2) is 4.57. The van der Waals surface area contributed by atoms with Crippen LogP contribution in [0.15, 0.2) is 12.1 Å². The van der Waals surface area contributed by atoms with Crippen LogP contribution in [-0.4, -0.2) is 17.5 Å². The molecule has 0 aromatic carbocycles. The summed E-state index contributed by atoms with van der Waals surface area (Å²) >= 11 is 0. The van der Waals surface area contributed by atoms with E-state index < -0.39 is 5.91 Å². The highest BCUT2D eigenvalue weighted by molar-refractivity contribution is 5.75. The molecule has 0 saturated heterocycles. The molecule has 1 amide bonds. The molecule has 1 rings (SSSR count). The Morgan fingerprint density at radius 1 is 1.57 bits per heavy atom. The molecule has 0 bridgehead atoms. The lowest BCUT2D eigenvalue weighted by atomic mass is 10.3. The van der Waals surface area contributed by atoms with Crippen molar-refractivity contribution < 1.29 is 9.53 Å². The number of aromatic nitrogens is 1. The number of primary amides is 1. The third-order valence-corrected chi connectivity index (χ3v) is 1.63. The quantitative estimate of drug-likeness (QED) is 0.690. The molecule has 0 aliphatic heterocycles. The van der Waals surface area contributed by atoms with E-state index in [1.807, 2.05) is 6.92 Å². The van der Waals surface area contributed by atoms with Gasteiger partial charge < -0.3 is 16.2 Å². The smallest absolute Gasteiger partial charge is 0.255 e. The van der Waals surface area contributed by atoms with Crippen LogP contribution in [0.2, 0.25) is 0 Å². The molecule has 1 aromatic heterocycles. The third-order valence-electron chi connectivity index (χ3n) is 1.63. The van der Waals surface area contributed by atoms with Gasteiger partial charge in [0.15, 0.2) is 6.61 Å². The highest BCUT2D eigenvalue weighted by Gasteiger charge is 2.05. The number of nitrogens with two attached hydrogens (primary N) is 2. The van der Waals surface area contributed by atoms with Crippen molar-refractivity contribution in [1.29, 1.82) is 0 Å². The van der Waals surface area contributed by atoms with Crippen LogP contribution in [0, 0.1) is 6.92 Å². The number of nitrogens with zero attached hydrogens (tertiary/aromatic N) is 1. The van der Waals surface area contributed by atoms with Gasteiger partial charge in [0.05, 0.1) is 5.69 Å². The molecule has 14 heavy (non-hydrogen) atoms. The minimum atomic E-state index is -0.520. The number of pyridine rings is 1. The van der Waals surface area contributed by atoms with Crippen LogP contribution in [0.4, 0.5) is 0 Å². The molecule has 0 unspecified atom stereocenters. The summed E-state index contributed by atoms with van der Waals surface area (Å²) in [4.78, 5) is 14.7. The Morgan fingerprint density at radius 2 is 2.29 bits per heavy atom. The van der Waals surface area contributed by atoms with Gasteiger partial charge >= 0.3 is 0 Å². The summed E-state index contributed by atoms with van der Waals surface area (Å²) in [5.41, 5.74) is 11.9. The molecule has 0 aliphatic carbocycles. The van der Waals surface area contributed by atoms with Gasteiger partial charge in [0.2, 0.25) is 0 Å². The molecule has 0 fully saturated rings. The third kappa shape index (κ3) is 2.70. The number of rotatable bonds is 4. The number of ether oxygens (including phenoxy) is 1. The second-order valence-electron chi connectivity index (χ2n) is 2.86. The van der Waals surface area contributed by atoms with Crippen LogP contribution in [-0.2, 0) is 11.3 Å². The van der Waals surface area contributed by atoms with Crippen molar-refractivity contribution in [3.8, 4) is 5.75 Å². The van der Waals surface area contributed by atoms with Crippen molar-refractivity contribution in [1.82, 2.24) is 4.98 Å². The number of amides is 1. The summed E-state index contributed by atoms with van der Waals surface area (Å²) < 4.78 is 5.13. The van der Waals surface area contributed by atoms with Gasteiger partial charge in [-0.25, -0.2) is 0 Å². The molecule has 5 heteroatoms. The fourth-order valence-electron chi connectivity index (χ4n) is 1.02. The SMILES string of the molecule is Cc1ccc(OCC(N)=O)c(CN)n1. The Morgan fingerprint density at radius 3 is 2.86 bits per heavy atom. The number of carbonyl (C=O) groups excluding carboxylic acids is 1. The normalized spacial score (nSPS) is 9.86. The predicted molar refractivity (Wildman–Crippen MR) is 51.6 cm³/mol. The van der Waals surface area contributed by atoms with Gasteiger partial charge in [-0.1, -0.05) is 0 Å². The minimum absolute atomic E-state index is 0.155. The van der Waals surface area contributed by atoms with E-state index >= 15 is 0 Å². The van der Waals surface area contributed by atoms with E-state index in [4.69, 9.17) is 16.2 Å². The second-order valence-corrected chi connectivity index (χ2v) is 2.86. The molecule has 1 aromatic rings. The number of hydrogen-bond donors (Lipinski definition) is 2. The molecule has 1 heterocycles. The summed E-state index contributed by atoms with van der Waals surface area (Å²) in [6.45, 7) is 1.98. The van der Waals surface area contributed by atoms with E-state index in [-0.39, 0.29) is 13.2 Å². The fourth-order valence-corrected chi connectivity index (χ4v) is 1.02. The number of hydrogen-bond acceptors (Lipinski definition) is 4. The molecule has 0 spiro atoms. The summed E-state index contributed by atoms with van der Waals surface area (Å²) in [5.74, 6) is -0.00885. The maximum absolute atomic E-state index is 10.5. The van der Waals surface area contributed by atoms with Gasteiger partial charge in [-0.2, -0.15) is 0 Å². The molecule has 76 valence electrons. The first-order valence-electron chi connectivity index (χ1n) is 4.21. The molecule has 0 radical (unpaired) electrons. The zero-order chi connectivity index (χ0) is 10.6. The van der Waals surface area contributed by atoms with Crippen LogP contribution in [0.1, 0.15) is 11.4 Å². The molecule has 0 atom stereocenters. The first kappa shape index (κ1) is 10.5. The summed E-state index contributed by atoms with van der Waals surface area (Å²) in [5, 5.41) is 0. The van der Waals surface area contributed by atoms with Crippen LogP contribution in [0.5, 0.6) is 5.75 Å². The topological polar surface area (TPSA) is 91.2 Å².